The van der Waals surface area contributed by atoms with Crippen molar-refractivity contribution in [1.82, 2.24) is 10.4 Å². The number of hydrazone groups is 1. The molecular formula is C10H7N3OS. The van der Waals surface area contributed by atoms with Gasteiger partial charge in [-0.2, -0.15) is 5.10 Å². The van der Waals surface area contributed by atoms with Gasteiger partial charge in [0.1, 0.15) is 10.9 Å². The Balaban J connectivity index is 2.12. The Labute approximate surface area is 89.6 Å². The minimum Gasteiger partial charge on any atom is -0.272 e. The van der Waals surface area contributed by atoms with Crippen LogP contribution in [-0.2, 0) is 4.79 Å². The van der Waals surface area contributed by atoms with E-state index in [-0.39, 0.29) is 11.8 Å². The second-order valence-corrected chi connectivity index (χ2v) is 4.31. The second-order valence-electron chi connectivity index (χ2n) is 3.25. The number of rotatable bonds is 1. The highest BCUT2D eigenvalue weighted by molar-refractivity contribution is 7.18. The first kappa shape index (κ1) is 8.55. The fourth-order valence-electron chi connectivity index (χ4n) is 1.51. The van der Waals surface area contributed by atoms with Crippen LogP contribution >= 0.6 is 11.3 Å². The molecule has 1 aromatic carbocycles. The Hall–Kier alpha value is -1.75. The van der Waals surface area contributed by atoms with E-state index in [1.165, 1.54) is 11.3 Å². The third-order valence-electron chi connectivity index (χ3n) is 2.26. The maximum Gasteiger partial charge on any atom is 0.255 e. The van der Waals surface area contributed by atoms with Gasteiger partial charge in [0.05, 0.1) is 10.2 Å². The SMILES string of the molecule is O=C1NN=C[C@@H]1c1nc2ccccc2s1. The molecule has 0 saturated heterocycles. The van der Waals surface area contributed by atoms with Crippen molar-refractivity contribution in [3.63, 3.8) is 0 Å². The van der Waals surface area contributed by atoms with Gasteiger partial charge in [0.25, 0.3) is 5.91 Å². The molecule has 1 aliphatic heterocycles. The van der Waals surface area contributed by atoms with Gasteiger partial charge in [0.15, 0.2) is 0 Å². The van der Waals surface area contributed by atoms with Crippen molar-refractivity contribution in [3.05, 3.63) is 29.3 Å². The quantitative estimate of drug-likeness (QED) is 0.786. The van der Waals surface area contributed by atoms with Gasteiger partial charge in [0, 0.05) is 6.21 Å². The molecule has 0 spiro atoms. The summed E-state index contributed by atoms with van der Waals surface area (Å²) in [4.78, 5) is 15.8. The third-order valence-corrected chi connectivity index (χ3v) is 3.38. The van der Waals surface area contributed by atoms with Crippen LogP contribution in [-0.4, -0.2) is 17.1 Å². The number of nitrogens with one attached hydrogen (secondary N) is 1. The van der Waals surface area contributed by atoms with E-state index in [2.05, 4.69) is 15.5 Å². The first-order chi connectivity index (χ1) is 7.34. The Kier molecular flexibility index (Phi) is 1.78. The van der Waals surface area contributed by atoms with E-state index >= 15 is 0 Å². The largest absolute Gasteiger partial charge is 0.272 e. The molecule has 1 N–H and O–H groups in total. The molecule has 0 bridgehead atoms. The highest BCUT2D eigenvalue weighted by Gasteiger charge is 2.25. The van der Waals surface area contributed by atoms with Gasteiger partial charge in [-0.05, 0) is 12.1 Å². The van der Waals surface area contributed by atoms with E-state index in [0.717, 1.165) is 15.2 Å². The molecule has 0 saturated carbocycles. The van der Waals surface area contributed by atoms with Crippen LogP contribution < -0.4 is 5.43 Å². The number of carbonyl (C=O) groups is 1. The van der Waals surface area contributed by atoms with Crippen LogP contribution in [0, 0.1) is 0 Å². The van der Waals surface area contributed by atoms with Gasteiger partial charge < -0.3 is 0 Å². The first-order valence-electron chi connectivity index (χ1n) is 4.53. The van der Waals surface area contributed by atoms with E-state index in [1.54, 1.807) is 6.21 Å². The fourth-order valence-corrected chi connectivity index (χ4v) is 2.54. The van der Waals surface area contributed by atoms with Crippen LogP contribution in [0.4, 0.5) is 0 Å². The van der Waals surface area contributed by atoms with Crippen LogP contribution in [0.25, 0.3) is 10.2 Å². The molecular weight excluding hydrogens is 210 g/mol. The lowest BCUT2D eigenvalue weighted by Crippen LogP contribution is -2.17. The number of benzene rings is 1. The molecule has 0 aliphatic carbocycles. The predicted octanol–water partition coefficient (Wildman–Crippen LogP) is 1.50. The van der Waals surface area contributed by atoms with Crippen LogP contribution in [0.2, 0.25) is 0 Å². The van der Waals surface area contributed by atoms with E-state index in [1.807, 2.05) is 24.3 Å². The molecule has 5 heteroatoms. The number of nitrogens with zero attached hydrogens (tertiary/aromatic N) is 2. The zero-order chi connectivity index (χ0) is 10.3. The zero-order valence-electron chi connectivity index (χ0n) is 7.68. The Bertz CT molecular complexity index is 528. The van der Waals surface area contributed by atoms with Crippen molar-refractivity contribution >= 4 is 33.7 Å². The smallest absolute Gasteiger partial charge is 0.255 e. The van der Waals surface area contributed by atoms with Crippen molar-refractivity contribution < 1.29 is 4.79 Å². The molecule has 1 atom stereocenters. The summed E-state index contributed by atoms with van der Waals surface area (Å²) >= 11 is 1.54. The fraction of sp³-hybridized carbons (Fsp3) is 0.100. The number of carbonyl (C=O) groups excluding carboxylic acids is 1. The number of thiazole rings is 1. The summed E-state index contributed by atoms with van der Waals surface area (Å²) in [6, 6.07) is 7.85. The number of para-hydroxylation sites is 1. The zero-order valence-corrected chi connectivity index (χ0v) is 8.49. The lowest BCUT2D eigenvalue weighted by molar-refractivity contribution is -0.120. The van der Waals surface area contributed by atoms with Gasteiger partial charge in [0.2, 0.25) is 0 Å². The van der Waals surface area contributed by atoms with Crippen molar-refractivity contribution in [1.29, 1.82) is 0 Å². The average Bonchev–Trinajstić information content (AvgIpc) is 2.82. The maximum atomic E-state index is 11.4. The van der Waals surface area contributed by atoms with E-state index in [0.29, 0.717) is 0 Å². The second kappa shape index (κ2) is 3.13. The number of hydrogen-bond donors (Lipinski definition) is 1. The molecule has 3 rings (SSSR count). The number of amides is 1. The van der Waals surface area contributed by atoms with Gasteiger partial charge in [-0.25, -0.2) is 10.4 Å². The van der Waals surface area contributed by atoms with Gasteiger partial charge in [-0.3, -0.25) is 4.79 Å². The van der Waals surface area contributed by atoms with Crippen molar-refractivity contribution in [2.75, 3.05) is 0 Å². The monoisotopic (exact) mass is 217 g/mol. The number of fused-ring (bicyclic) bond motifs is 1. The standard InChI is InChI=1S/C10H7N3OS/c14-9-6(5-11-13-9)10-12-7-3-1-2-4-8(7)15-10/h1-6H,(H,13,14)/t6-/m0/s1. The van der Waals surface area contributed by atoms with Gasteiger partial charge >= 0.3 is 0 Å². The highest BCUT2D eigenvalue weighted by atomic mass is 32.1. The summed E-state index contributed by atoms with van der Waals surface area (Å²) in [6.07, 6.45) is 1.60. The average molecular weight is 217 g/mol. The summed E-state index contributed by atoms with van der Waals surface area (Å²) < 4.78 is 1.10. The molecule has 0 unspecified atom stereocenters. The van der Waals surface area contributed by atoms with Crippen molar-refractivity contribution in [2.45, 2.75) is 5.92 Å². The van der Waals surface area contributed by atoms with Crippen molar-refractivity contribution in [2.24, 2.45) is 5.10 Å². The molecule has 2 heterocycles. The summed E-state index contributed by atoms with van der Waals surface area (Å²) in [5, 5.41) is 4.54. The van der Waals surface area contributed by atoms with Crippen LogP contribution in [0.3, 0.4) is 0 Å². The molecule has 0 radical (unpaired) electrons. The molecule has 1 aliphatic rings. The number of hydrogen-bond acceptors (Lipinski definition) is 4. The topological polar surface area (TPSA) is 54.4 Å². The minimum absolute atomic E-state index is 0.103. The Morgan fingerprint density at radius 1 is 1.33 bits per heavy atom. The van der Waals surface area contributed by atoms with Gasteiger partial charge in [-0.1, -0.05) is 12.1 Å². The molecule has 1 aromatic heterocycles. The normalized spacial score (nSPS) is 19.7. The Morgan fingerprint density at radius 3 is 2.93 bits per heavy atom. The summed E-state index contributed by atoms with van der Waals surface area (Å²) in [5.41, 5.74) is 3.35. The maximum absolute atomic E-state index is 11.4. The summed E-state index contributed by atoms with van der Waals surface area (Å²) in [6.45, 7) is 0. The van der Waals surface area contributed by atoms with Gasteiger partial charge in [-0.15, -0.1) is 11.3 Å². The van der Waals surface area contributed by atoms with E-state index in [9.17, 15) is 4.79 Å². The highest BCUT2D eigenvalue weighted by Crippen LogP contribution is 2.27. The van der Waals surface area contributed by atoms with Crippen LogP contribution in [0.15, 0.2) is 29.4 Å². The minimum atomic E-state index is -0.317. The summed E-state index contributed by atoms with van der Waals surface area (Å²) in [7, 11) is 0. The lowest BCUT2D eigenvalue weighted by Gasteiger charge is -1.96. The van der Waals surface area contributed by atoms with E-state index < -0.39 is 0 Å². The Morgan fingerprint density at radius 2 is 2.20 bits per heavy atom. The molecule has 15 heavy (non-hydrogen) atoms. The summed E-state index contributed by atoms with van der Waals surface area (Å²) in [5.74, 6) is -0.420. The molecule has 0 fully saturated rings. The predicted molar refractivity (Wildman–Crippen MR) is 59.0 cm³/mol. The van der Waals surface area contributed by atoms with Crippen LogP contribution in [0.1, 0.15) is 10.9 Å². The molecule has 4 nitrogen and oxygen atoms in total. The van der Waals surface area contributed by atoms with Crippen LogP contribution in [0.5, 0.6) is 0 Å². The molecule has 1 amide bonds. The number of aromatic nitrogens is 1. The van der Waals surface area contributed by atoms with Crippen molar-refractivity contribution in [3.8, 4) is 0 Å². The first-order valence-corrected chi connectivity index (χ1v) is 5.35. The third kappa shape index (κ3) is 1.32. The van der Waals surface area contributed by atoms with E-state index in [4.69, 9.17) is 0 Å². The lowest BCUT2D eigenvalue weighted by atomic mass is 10.2. The molecule has 2 aromatic rings. The molecule has 74 valence electrons.